The van der Waals surface area contributed by atoms with Gasteiger partial charge in [-0.2, -0.15) is 0 Å². The van der Waals surface area contributed by atoms with E-state index in [4.69, 9.17) is 0 Å². The molecule has 0 amide bonds. The third kappa shape index (κ3) is 19.4. The van der Waals surface area contributed by atoms with Crippen LogP contribution in [0.4, 0.5) is 114 Å². The molecule has 0 aromatic heterocycles. The van der Waals surface area contributed by atoms with Crippen LogP contribution in [0.3, 0.4) is 0 Å². The molecule has 0 spiro atoms. The highest BCUT2D eigenvalue weighted by Gasteiger charge is 2.19. The Morgan fingerprint density at radius 3 is 0.639 bits per heavy atom. The van der Waals surface area contributed by atoms with Crippen molar-refractivity contribution in [2.24, 2.45) is 0 Å². The lowest BCUT2D eigenvalue weighted by Gasteiger charge is -2.27. The zero-order valence-corrected chi connectivity index (χ0v) is 69.1. The number of rotatable bonds is 21. The Kier molecular flexibility index (Phi) is 25.8. The Hall–Kier alpha value is -15.9. The summed E-state index contributed by atoms with van der Waals surface area (Å²) in [5.74, 6) is 0. The van der Waals surface area contributed by atoms with E-state index in [2.05, 4.69) is 528 Å². The highest BCUT2D eigenvalue weighted by molar-refractivity contribution is 5.96. The summed E-state index contributed by atoms with van der Waals surface area (Å²) in [5.41, 5.74) is 25.5. The molecule has 19 aromatic carbocycles. The molecule has 0 saturated heterocycles. The molecule has 122 heavy (non-hydrogen) atoms. The first kappa shape index (κ1) is 79.9. The van der Waals surface area contributed by atoms with Crippen molar-refractivity contribution in [3.05, 3.63) is 510 Å². The van der Waals surface area contributed by atoms with Crippen molar-refractivity contribution in [2.45, 2.75) is 0 Å². The van der Waals surface area contributed by atoms with Crippen LogP contribution in [0, 0.1) is 0 Å². The fourth-order valence-corrected chi connectivity index (χ4v) is 15.3. The van der Waals surface area contributed by atoms with Crippen molar-refractivity contribution < 1.29 is 0 Å². The predicted molar refractivity (Wildman–Crippen MR) is 523 cm³/mol. The maximum atomic E-state index is 2.28. The Morgan fingerprint density at radius 1 is 0.123 bits per heavy atom. The fourth-order valence-electron chi connectivity index (χ4n) is 15.3. The summed E-state index contributed by atoms with van der Waals surface area (Å²) >= 11 is 0. The highest BCUT2D eigenvalue weighted by atomic mass is 15.2. The van der Waals surface area contributed by atoms with Gasteiger partial charge in [-0.1, -0.05) is 273 Å². The van der Waals surface area contributed by atoms with Crippen LogP contribution in [0.25, 0.3) is 32.7 Å². The summed E-state index contributed by atoms with van der Waals surface area (Å²) in [4.78, 5) is 18.0. The SMILES string of the molecule is CN(c1ccc(-c2ccccc2)cc1)c1ccc(N(c2ccccc2)c2ccccc2)cc1.CN(c1ccc(N(c2ccccc2)c2ccccc2)cc1)c1ccc2ccccc2c1.CN(c1ccc(N(c2ccccc2)c2ccccc2)cc1)c1cccc2ccccc12.CN(c1ccccc1)c1ccc(N(c2ccccc2)c2ccccc2)cc1. The monoisotopic (exact) mass is 1580 g/mol. The molecule has 0 aliphatic carbocycles. The van der Waals surface area contributed by atoms with Gasteiger partial charge in [0.1, 0.15) is 0 Å². The van der Waals surface area contributed by atoms with E-state index in [1.54, 1.807) is 0 Å². The molecule has 592 valence electrons. The van der Waals surface area contributed by atoms with Crippen LogP contribution < -0.4 is 39.2 Å². The lowest BCUT2D eigenvalue weighted by molar-refractivity contribution is 1.20. The van der Waals surface area contributed by atoms with E-state index < -0.39 is 0 Å². The Balaban J connectivity index is 0.000000121. The quantitative estimate of drug-likeness (QED) is 0.0702. The van der Waals surface area contributed by atoms with Crippen molar-refractivity contribution in [2.75, 3.05) is 67.4 Å². The van der Waals surface area contributed by atoms with E-state index in [0.717, 1.165) is 96.7 Å². The van der Waals surface area contributed by atoms with Gasteiger partial charge in [0.15, 0.2) is 0 Å². The average Bonchev–Trinajstić information content (AvgIpc) is 0.795. The van der Waals surface area contributed by atoms with Gasteiger partial charge in [-0.15, -0.1) is 0 Å². The summed E-state index contributed by atoms with van der Waals surface area (Å²) < 4.78 is 0. The first-order valence-electron chi connectivity index (χ1n) is 41.4. The minimum Gasteiger partial charge on any atom is -0.345 e. The van der Waals surface area contributed by atoms with Gasteiger partial charge in [0.2, 0.25) is 0 Å². The molecule has 8 nitrogen and oxygen atoms in total. The van der Waals surface area contributed by atoms with Crippen molar-refractivity contribution in [3.8, 4) is 11.1 Å². The lowest BCUT2D eigenvalue weighted by atomic mass is 10.1. The van der Waals surface area contributed by atoms with Gasteiger partial charge < -0.3 is 39.2 Å². The molecule has 0 N–H and O–H groups in total. The third-order valence-corrected chi connectivity index (χ3v) is 21.8. The van der Waals surface area contributed by atoms with Crippen LogP contribution in [0.15, 0.2) is 510 Å². The first-order chi connectivity index (χ1) is 60.2. The second kappa shape index (κ2) is 39.4. The van der Waals surface area contributed by atoms with E-state index in [1.807, 2.05) is 48.5 Å². The van der Waals surface area contributed by atoms with Gasteiger partial charge in [-0.25, -0.2) is 0 Å². The van der Waals surface area contributed by atoms with E-state index in [9.17, 15) is 0 Å². The molecule has 0 aliphatic rings. The second-order valence-electron chi connectivity index (χ2n) is 29.6. The molecule has 0 radical (unpaired) electrons. The Bertz CT molecular complexity index is 6220. The van der Waals surface area contributed by atoms with Crippen molar-refractivity contribution in [3.63, 3.8) is 0 Å². The van der Waals surface area contributed by atoms with Crippen molar-refractivity contribution >= 4 is 135 Å². The van der Waals surface area contributed by atoms with Gasteiger partial charge in [-0.05, 0) is 264 Å². The molecule has 0 aliphatic heterocycles. The average molecular weight is 1580 g/mol. The summed E-state index contributed by atoms with van der Waals surface area (Å²) in [6, 6.07) is 178. The Morgan fingerprint density at radius 2 is 0.320 bits per heavy atom. The summed E-state index contributed by atoms with van der Waals surface area (Å²) in [6.45, 7) is 0. The molecule has 0 fully saturated rings. The maximum absolute atomic E-state index is 2.28. The number of fused-ring (bicyclic) bond motifs is 2. The van der Waals surface area contributed by atoms with Gasteiger partial charge in [0.25, 0.3) is 0 Å². The number of hydrogen-bond acceptors (Lipinski definition) is 8. The number of para-hydroxylation sites is 9. The molecule has 19 aromatic rings. The number of benzene rings is 19. The topological polar surface area (TPSA) is 25.9 Å². The van der Waals surface area contributed by atoms with Gasteiger partial charge in [-0.3, -0.25) is 0 Å². The zero-order valence-electron chi connectivity index (χ0n) is 69.1. The summed E-state index contributed by atoms with van der Waals surface area (Å²) in [6.07, 6.45) is 0. The Labute approximate surface area is 718 Å². The molecule has 0 heterocycles. The van der Waals surface area contributed by atoms with Crippen LogP contribution in [-0.2, 0) is 0 Å². The second-order valence-corrected chi connectivity index (χ2v) is 29.6. The maximum Gasteiger partial charge on any atom is 0.0487 e. The molecule has 8 heteroatoms. The standard InChI is InChI=1S/C31H26N2.2C29H24N2.C25H22N2/c1-32(27-19-17-26(18-20-27)25-11-5-2-6-12-25)28-21-23-31(24-22-28)33(29-13-7-3-8-14-29)30-15-9-4-10-16-30;1-30(29-18-10-12-23-11-8-9-17-28(23)29)24-19-21-27(22-20-24)31(25-13-4-2-5-14-25)26-15-6-3-7-16-26;1-30(29-17-16-23-10-8-9-11-24(23)22-29)25-18-20-28(21-19-25)31(26-12-4-2-5-13-26)27-14-6-3-7-15-27;1-26(21-11-5-2-6-12-21)22-17-19-25(20-18-22)27(23-13-7-3-8-14-23)24-15-9-4-10-16-24/h2-24H,1H3;2*2-22H,1H3;2-20H,1H3. The molecule has 19 rings (SSSR count). The van der Waals surface area contributed by atoms with E-state index >= 15 is 0 Å². The zero-order chi connectivity index (χ0) is 83.0. The molecular formula is C114H96N8. The normalized spacial score (nSPS) is 10.6. The summed E-state index contributed by atoms with van der Waals surface area (Å²) in [5, 5.41) is 5.02. The highest BCUT2D eigenvalue weighted by Crippen LogP contribution is 2.42. The van der Waals surface area contributed by atoms with Crippen LogP contribution in [-0.4, -0.2) is 28.2 Å². The molecule has 0 saturated carbocycles. The van der Waals surface area contributed by atoms with Gasteiger partial charge in [0.05, 0.1) is 0 Å². The van der Waals surface area contributed by atoms with Crippen LogP contribution >= 0.6 is 0 Å². The van der Waals surface area contributed by atoms with Crippen molar-refractivity contribution in [1.82, 2.24) is 0 Å². The largest absolute Gasteiger partial charge is 0.345 e. The molecule has 0 atom stereocenters. The number of nitrogens with zero attached hydrogens (tertiary/aromatic N) is 8. The van der Waals surface area contributed by atoms with Gasteiger partial charge in [0, 0.05) is 147 Å². The number of hydrogen-bond donors (Lipinski definition) is 0. The first-order valence-corrected chi connectivity index (χ1v) is 41.4. The lowest BCUT2D eigenvalue weighted by Crippen LogP contribution is -2.12. The molecule has 0 bridgehead atoms. The van der Waals surface area contributed by atoms with E-state index in [-0.39, 0.29) is 0 Å². The van der Waals surface area contributed by atoms with Crippen LogP contribution in [0.5, 0.6) is 0 Å². The minimum atomic E-state index is 1.13. The predicted octanol–water partition coefficient (Wildman–Crippen LogP) is 31.7. The molecule has 0 unspecified atom stereocenters. The minimum absolute atomic E-state index is 1.13. The summed E-state index contributed by atoms with van der Waals surface area (Å²) in [7, 11) is 8.45. The fraction of sp³-hybridized carbons (Fsp3) is 0.0351. The third-order valence-electron chi connectivity index (χ3n) is 21.8. The van der Waals surface area contributed by atoms with E-state index in [1.165, 1.54) is 49.7 Å². The smallest absolute Gasteiger partial charge is 0.0487 e. The van der Waals surface area contributed by atoms with E-state index in [0.29, 0.717) is 0 Å². The molecular weight excluding hydrogens is 1480 g/mol. The van der Waals surface area contributed by atoms with Gasteiger partial charge >= 0.3 is 0 Å². The van der Waals surface area contributed by atoms with Crippen LogP contribution in [0.1, 0.15) is 0 Å². The number of anilines is 20. The van der Waals surface area contributed by atoms with Crippen LogP contribution in [0.2, 0.25) is 0 Å². The van der Waals surface area contributed by atoms with Crippen molar-refractivity contribution in [1.29, 1.82) is 0 Å².